The number of amides is 1. The SMILES string of the molecule is CN1CCC[C@H](c2ccc(O)cc2)C1=O. The predicted octanol–water partition coefficient (Wildman–Crippen LogP) is 1.73. The molecule has 3 nitrogen and oxygen atoms in total. The number of phenols is 1. The second kappa shape index (κ2) is 3.93. The normalized spacial score (nSPS) is 21.8. The second-order valence-electron chi connectivity index (χ2n) is 4.05. The van der Waals surface area contributed by atoms with Gasteiger partial charge in [0, 0.05) is 13.6 Å². The van der Waals surface area contributed by atoms with E-state index in [-0.39, 0.29) is 17.6 Å². The average molecular weight is 205 g/mol. The Morgan fingerprint density at radius 2 is 2.00 bits per heavy atom. The van der Waals surface area contributed by atoms with Gasteiger partial charge in [0.25, 0.3) is 0 Å². The summed E-state index contributed by atoms with van der Waals surface area (Å²) in [5, 5.41) is 9.18. The number of rotatable bonds is 1. The number of likely N-dealkylation sites (N-methyl/N-ethyl adjacent to an activating group) is 1. The molecule has 80 valence electrons. The number of aromatic hydroxyl groups is 1. The summed E-state index contributed by atoms with van der Waals surface area (Å²) in [6.07, 6.45) is 1.96. The van der Waals surface area contributed by atoms with E-state index in [4.69, 9.17) is 0 Å². The lowest BCUT2D eigenvalue weighted by molar-refractivity contribution is -0.133. The number of piperidine rings is 1. The van der Waals surface area contributed by atoms with E-state index in [0.717, 1.165) is 24.9 Å². The van der Waals surface area contributed by atoms with Gasteiger partial charge < -0.3 is 10.0 Å². The summed E-state index contributed by atoms with van der Waals surface area (Å²) in [4.78, 5) is 13.7. The first-order chi connectivity index (χ1) is 7.18. The zero-order valence-corrected chi connectivity index (χ0v) is 8.81. The number of hydrogen-bond donors (Lipinski definition) is 1. The summed E-state index contributed by atoms with van der Waals surface area (Å²) in [6.45, 7) is 0.855. The summed E-state index contributed by atoms with van der Waals surface area (Å²) >= 11 is 0. The van der Waals surface area contributed by atoms with Crippen molar-refractivity contribution in [3.63, 3.8) is 0 Å². The third-order valence-corrected chi connectivity index (χ3v) is 2.96. The van der Waals surface area contributed by atoms with Crippen molar-refractivity contribution in [1.82, 2.24) is 4.90 Å². The zero-order valence-electron chi connectivity index (χ0n) is 8.81. The van der Waals surface area contributed by atoms with E-state index in [1.165, 1.54) is 0 Å². The minimum absolute atomic E-state index is 0.0238. The lowest BCUT2D eigenvalue weighted by Crippen LogP contribution is -2.36. The topological polar surface area (TPSA) is 40.5 Å². The Kier molecular flexibility index (Phi) is 2.62. The van der Waals surface area contributed by atoms with Crippen LogP contribution in [0.5, 0.6) is 5.75 Å². The Bertz CT molecular complexity index is 358. The van der Waals surface area contributed by atoms with Gasteiger partial charge in [0.05, 0.1) is 5.92 Å². The highest BCUT2D eigenvalue weighted by atomic mass is 16.3. The number of benzene rings is 1. The van der Waals surface area contributed by atoms with Crippen LogP contribution in [0.3, 0.4) is 0 Å². The minimum Gasteiger partial charge on any atom is -0.508 e. The molecule has 1 aliphatic rings. The smallest absolute Gasteiger partial charge is 0.229 e. The predicted molar refractivity (Wildman–Crippen MR) is 57.7 cm³/mol. The maximum Gasteiger partial charge on any atom is 0.229 e. The molecule has 0 unspecified atom stereocenters. The number of carbonyl (C=O) groups excluding carboxylic acids is 1. The molecule has 1 atom stereocenters. The van der Waals surface area contributed by atoms with Crippen LogP contribution in [-0.4, -0.2) is 29.5 Å². The lowest BCUT2D eigenvalue weighted by Gasteiger charge is -2.29. The van der Waals surface area contributed by atoms with Gasteiger partial charge in [-0.2, -0.15) is 0 Å². The average Bonchev–Trinajstić information content (AvgIpc) is 2.24. The standard InChI is InChI=1S/C12H15NO2/c1-13-8-2-3-11(12(13)15)9-4-6-10(14)7-5-9/h4-7,11,14H,2-3,8H2,1H3/t11-/m1/s1. The third kappa shape index (κ3) is 1.96. The molecule has 1 amide bonds. The van der Waals surface area contributed by atoms with Crippen molar-refractivity contribution in [1.29, 1.82) is 0 Å². The number of phenolic OH excluding ortho intramolecular Hbond substituents is 1. The van der Waals surface area contributed by atoms with Crippen LogP contribution in [-0.2, 0) is 4.79 Å². The molecule has 0 bridgehead atoms. The molecule has 2 rings (SSSR count). The minimum atomic E-state index is -0.0238. The Morgan fingerprint density at radius 3 is 2.67 bits per heavy atom. The summed E-state index contributed by atoms with van der Waals surface area (Å²) < 4.78 is 0. The molecule has 0 saturated carbocycles. The molecular weight excluding hydrogens is 190 g/mol. The van der Waals surface area contributed by atoms with Crippen LogP contribution >= 0.6 is 0 Å². The maximum atomic E-state index is 11.9. The molecule has 3 heteroatoms. The molecule has 0 aromatic heterocycles. The van der Waals surface area contributed by atoms with Crippen LogP contribution in [0.2, 0.25) is 0 Å². The van der Waals surface area contributed by atoms with Crippen LogP contribution < -0.4 is 0 Å². The van der Waals surface area contributed by atoms with Crippen molar-refractivity contribution in [2.75, 3.05) is 13.6 Å². The summed E-state index contributed by atoms with van der Waals surface area (Å²) in [5.74, 6) is 0.409. The van der Waals surface area contributed by atoms with E-state index in [1.54, 1.807) is 17.0 Å². The molecule has 1 aliphatic heterocycles. The largest absolute Gasteiger partial charge is 0.508 e. The van der Waals surface area contributed by atoms with Crippen LogP contribution in [0.25, 0.3) is 0 Å². The van der Waals surface area contributed by atoms with E-state index in [1.807, 2.05) is 19.2 Å². The molecule has 0 aliphatic carbocycles. The monoisotopic (exact) mass is 205 g/mol. The van der Waals surface area contributed by atoms with E-state index < -0.39 is 0 Å². The van der Waals surface area contributed by atoms with E-state index in [2.05, 4.69) is 0 Å². The Hall–Kier alpha value is -1.51. The van der Waals surface area contributed by atoms with Gasteiger partial charge in [-0.25, -0.2) is 0 Å². The van der Waals surface area contributed by atoms with Crippen molar-refractivity contribution in [2.45, 2.75) is 18.8 Å². The maximum absolute atomic E-state index is 11.9. The number of hydrogen-bond acceptors (Lipinski definition) is 2. The van der Waals surface area contributed by atoms with Crippen molar-refractivity contribution < 1.29 is 9.90 Å². The first kappa shape index (κ1) is 10.0. The third-order valence-electron chi connectivity index (χ3n) is 2.96. The van der Waals surface area contributed by atoms with Gasteiger partial charge in [0.2, 0.25) is 5.91 Å². The van der Waals surface area contributed by atoms with Gasteiger partial charge in [-0.3, -0.25) is 4.79 Å². The highest BCUT2D eigenvalue weighted by Crippen LogP contribution is 2.28. The fourth-order valence-electron chi connectivity index (χ4n) is 2.05. The quantitative estimate of drug-likeness (QED) is 0.758. The van der Waals surface area contributed by atoms with Gasteiger partial charge in [-0.1, -0.05) is 12.1 Å². The van der Waals surface area contributed by atoms with Gasteiger partial charge in [0.15, 0.2) is 0 Å². The van der Waals surface area contributed by atoms with Crippen LogP contribution in [0.15, 0.2) is 24.3 Å². The van der Waals surface area contributed by atoms with Crippen LogP contribution in [0.4, 0.5) is 0 Å². The molecule has 1 heterocycles. The van der Waals surface area contributed by atoms with Crippen molar-refractivity contribution in [2.24, 2.45) is 0 Å². The molecule has 0 radical (unpaired) electrons. The van der Waals surface area contributed by atoms with Crippen LogP contribution in [0.1, 0.15) is 24.3 Å². The fourth-order valence-corrected chi connectivity index (χ4v) is 2.05. The van der Waals surface area contributed by atoms with Crippen molar-refractivity contribution >= 4 is 5.91 Å². The highest BCUT2D eigenvalue weighted by Gasteiger charge is 2.27. The molecular formula is C12H15NO2. The molecule has 1 saturated heterocycles. The molecule has 1 fully saturated rings. The Morgan fingerprint density at radius 1 is 1.33 bits per heavy atom. The molecule has 1 aromatic rings. The summed E-state index contributed by atoms with van der Waals surface area (Å²) in [5.41, 5.74) is 1.00. The highest BCUT2D eigenvalue weighted by molar-refractivity contribution is 5.84. The van der Waals surface area contributed by atoms with Gasteiger partial charge in [-0.05, 0) is 30.5 Å². The number of nitrogens with zero attached hydrogens (tertiary/aromatic N) is 1. The second-order valence-corrected chi connectivity index (χ2v) is 4.05. The Balaban J connectivity index is 2.22. The molecule has 15 heavy (non-hydrogen) atoms. The zero-order chi connectivity index (χ0) is 10.8. The van der Waals surface area contributed by atoms with Gasteiger partial charge >= 0.3 is 0 Å². The lowest BCUT2D eigenvalue weighted by atomic mass is 9.90. The van der Waals surface area contributed by atoms with Crippen LogP contribution in [0, 0.1) is 0 Å². The number of carbonyl (C=O) groups is 1. The molecule has 0 spiro atoms. The van der Waals surface area contributed by atoms with E-state index in [0.29, 0.717) is 0 Å². The molecule has 1 N–H and O–H groups in total. The van der Waals surface area contributed by atoms with Gasteiger partial charge in [-0.15, -0.1) is 0 Å². The fraction of sp³-hybridized carbons (Fsp3) is 0.417. The van der Waals surface area contributed by atoms with Gasteiger partial charge in [0.1, 0.15) is 5.75 Å². The molecule has 1 aromatic carbocycles. The Labute approximate surface area is 89.3 Å². The van der Waals surface area contributed by atoms with Crippen molar-refractivity contribution in [3.8, 4) is 5.75 Å². The van der Waals surface area contributed by atoms with Crippen molar-refractivity contribution in [3.05, 3.63) is 29.8 Å². The van der Waals surface area contributed by atoms with E-state index in [9.17, 15) is 9.90 Å². The first-order valence-corrected chi connectivity index (χ1v) is 5.22. The number of likely N-dealkylation sites (tertiary alicyclic amines) is 1. The summed E-state index contributed by atoms with van der Waals surface area (Å²) in [6, 6.07) is 6.93. The van der Waals surface area contributed by atoms with E-state index >= 15 is 0 Å². The first-order valence-electron chi connectivity index (χ1n) is 5.22. The summed E-state index contributed by atoms with van der Waals surface area (Å²) in [7, 11) is 1.84.